The molecule has 2 saturated carbocycles. The molecule has 0 spiro atoms. The van der Waals surface area contributed by atoms with Crippen LogP contribution in [0.2, 0.25) is 0 Å². The molecular weight excluding hydrogens is 200 g/mol. The molecule has 0 amide bonds. The van der Waals surface area contributed by atoms with Gasteiger partial charge in [0.25, 0.3) is 0 Å². The zero-order valence-corrected chi connectivity index (χ0v) is 9.36. The van der Waals surface area contributed by atoms with E-state index in [4.69, 9.17) is 0 Å². The molecular formula is C10H15O3S-. The number of carbonyl (C=O) groups excluding carboxylic acids is 1. The van der Waals surface area contributed by atoms with Gasteiger partial charge in [0.05, 0.1) is 0 Å². The summed E-state index contributed by atoms with van der Waals surface area (Å²) in [6, 6.07) is 0. The fraction of sp³-hybridized carbons (Fsp3) is 0.900. The first-order valence-electron chi connectivity index (χ1n) is 4.99. The van der Waals surface area contributed by atoms with Gasteiger partial charge in [-0.3, -0.25) is 9.00 Å². The van der Waals surface area contributed by atoms with Gasteiger partial charge in [-0.1, -0.05) is 24.9 Å². The lowest BCUT2D eigenvalue weighted by Crippen LogP contribution is -2.40. The van der Waals surface area contributed by atoms with Gasteiger partial charge in [-0.15, -0.1) is 0 Å². The van der Waals surface area contributed by atoms with Crippen LogP contribution in [0.1, 0.15) is 33.1 Å². The minimum atomic E-state index is -2.11. The Morgan fingerprint density at radius 1 is 1.57 bits per heavy atom. The Bertz CT molecular complexity index is 310. The average Bonchev–Trinajstić information content (AvgIpc) is 2.36. The Balaban J connectivity index is 2.39. The first-order valence-corrected chi connectivity index (χ1v) is 6.24. The Kier molecular flexibility index (Phi) is 2.13. The van der Waals surface area contributed by atoms with Gasteiger partial charge in [-0.05, 0) is 24.2 Å². The summed E-state index contributed by atoms with van der Waals surface area (Å²) in [7, 11) is 0. The highest BCUT2D eigenvalue weighted by molar-refractivity contribution is 7.79. The molecule has 2 unspecified atom stereocenters. The molecule has 2 bridgehead atoms. The topological polar surface area (TPSA) is 57.2 Å². The predicted molar refractivity (Wildman–Crippen MR) is 52.3 cm³/mol. The molecule has 80 valence electrons. The number of ketones is 1. The molecule has 3 atom stereocenters. The van der Waals surface area contributed by atoms with E-state index in [2.05, 4.69) is 0 Å². The molecule has 2 aliphatic carbocycles. The van der Waals surface area contributed by atoms with E-state index < -0.39 is 16.5 Å². The van der Waals surface area contributed by atoms with E-state index >= 15 is 0 Å². The maximum Gasteiger partial charge on any atom is 0.140 e. The number of rotatable bonds is 2. The molecule has 0 aromatic carbocycles. The second-order valence-electron chi connectivity index (χ2n) is 5.11. The molecule has 0 aromatic heterocycles. The van der Waals surface area contributed by atoms with E-state index in [9.17, 15) is 13.6 Å². The summed E-state index contributed by atoms with van der Waals surface area (Å²) in [4.78, 5) is 11.8. The Morgan fingerprint density at radius 2 is 2.21 bits per heavy atom. The molecule has 0 saturated heterocycles. The van der Waals surface area contributed by atoms with Crippen molar-refractivity contribution in [3.05, 3.63) is 0 Å². The third kappa shape index (κ3) is 1.07. The van der Waals surface area contributed by atoms with E-state index in [-0.39, 0.29) is 17.0 Å². The zero-order valence-electron chi connectivity index (χ0n) is 8.54. The number of fused-ring (bicyclic) bond motifs is 2. The van der Waals surface area contributed by atoms with Crippen LogP contribution in [0.15, 0.2) is 0 Å². The van der Waals surface area contributed by atoms with Crippen LogP contribution in [0.5, 0.6) is 0 Å². The monoisotopic (exact) mass is 215 g/mol. The van der Waals surface area contributed by atoms with Gasteiger partial charge < -0.3 is 4.55 Å². The number of hydrogen-bond donors (Lipinski definition) is 0. The summed E-state index contributed by atoms with van der Waals surface area (Å²) in [5.74, 6) is 0.594. The van der Waals surface area contributed by atoms with E-state index in [1.54, 1.807) is 0 Å². The molecule has 2 fully saturated rings. The highest BCUT2D eigenvalue weighted by atomic mass is 32.2. The third-order valence-electron chi connectivity index (χ3n) is 4.50. The van der Waals surface area contributed by atoms with Crippen molar-refractivity contribution < 1.29 is 13.6 Å². The minimum absolute atomic E-state index is 0.0231. The normalized spacial score (nSPS) is 41.6. The van der Waals surface area contributed by atoms with Crippen LogP contribution in [0, 0.1) is 16.7 Å². The fourth-order valence-electron chi connectivity index (χ4n) is 3.31. The summed E-state index contributed by atoms with van der Waals surface area (Å²) in [5.41, 5.74) is -0.686. The van der Waals surface area contributed by atoms with Gasteiger partial charge in [0.15, 0.2) is 0 Å². The standard InChI is InChI=1S/C10H16O3S/c1-9(2)7-3-4-10(9,6-14(12)13)8(11)5-7/h7H,3-6H2,1-2H3,(H,12,13)/p-1/t7-,10?/m0/s1. The molecule has 0 N–H and O–H groups in total. The maximum absolute atomic E-state index is 11.8. The molecule has 2 aliphatic rings. The van der Waals surface area contributed by atoms with E-state index in [0.29, 0.717) is 12.3 Å². The second kappa shape index (κ2) is 2.89. The van der Waals surface area contributed by atoms with Crippen LogP contribution in [0.25, 0.3) is 0 Å². The summed E-state index contributed by atoms with van der Waals surface area (Å²) >= 11 is -2.11. The lowest BCUT2D eigenvalue weighted by molar-refractivity contribution is -0.128. The van der Waals surface area contributed by atoms with Crippen LogP contribution < -0.4 is 0 Å². The predicted octanol–water partition coefficient (Wildman–Crippen LogP) is 1.26. The SMILES string of the molecule is CC1(C)[C@H]2CCC1(CS(=O)[O-])C(=O)C2. The lowest BCUT2D eigenvalue weighted by atomic mass is 9.70. The van der Waals surface area contributed by atoms with Gasteiger partial charge in [-0.25, -0.2) is 0 Å². The molecule has 0 aliphatic heterocycles. The largest absolute Gasteiger partial charge is 0.772 e. The van der Waals surface area contributed by atoms with E-state index in [0.717, 1.165) is 12.8 Å². The molecule has 0 heterocycles. The Labute approximate surface area is 86.6 Å². The third-order valence-corrected chi connectivity index (χ3v) is 5.23. The zero-order chi connectivity index (χ0) is 10.6. The quantitative estimate of drug-likeness (QED) is 0.652. The van der Waals surface area contributed by atoms with Crippen LogP contribution in [-0.4, -0.2) is 20.3 Å². The van der Waals surface area contributed by atoms with Crippen LogP contribution in [0.3, 0.4) is 0 Å². The summed E-state index contributed by atoms with van der Waals surface area (Å²) in [6.45, 7) is 4.09. The Morgan fingerprint density at radius 3 is 2.57 bits per heavy atom. The highest BCUT2D eigenvalue weighted by Crippen LogP contribution is 2.63. The van der Waals surface area contributed by atoms with Gasteiger partial charge in [0, 0.05) is 17.6 Å². The minimum Gasteiger partial charge on any atom is -0.772 e. The summed E-state index contributed by atoms with van der Waals surface area (Å²) < 4.78 is 21.6. The summed E-state index contributed by atoms with van der Waals surface area (Å²) in [6.07, 6.45) is 2.36. The molecule has 14 heavy (non-hydrogen) atoms. The molecule has 3 nitrogen and oxygen atoms in total. The lowest BCUT2D eigenvalue weighted by Gasteiger charge is -2.37. The van der Waals surface area contributed by atoms with Crippen LogP contribution in [0.4, 0.5) is 0 Å². The van der Waals surface area contributed by atoms with Crippen molar-refractivity contribution in [2.75, 3.05) is 5.75 Å². The van der Waals surface area contributed by atoms with Crippen molar-refractivity contribution in [1.29, 1.82) is 0 Å². The van der Waals surface area contributed by atoms with Gasteiger partial charge in [0.1, 0.15) is 5.78 Å². The van der Waals surface area contributed by atoms with Crippen molar-refractivity contribution >= 4 is 16.9 Å². The van der Waals surface area contributed by atoms with E-state index in [1.165, 1.54) is 0 Å². The first kappa shape index (κ1) is 10.3. The van der Waals surface area contributed by atoms with Crippen LogP contribution >= 0.6 is 0 Å². The molecule has 4 heteroatoms. The first-order chi connectivity index (χ1) is 6.40. The smallest absolute Gasteiger partial charge is 0.140 e. The summed E-state index contributed by atoms with van der Waals surface area (Å²) in [5, 5.41) is 0. The van der Waals surface area contributed by atoms with Crippen LogP contribution in [-0.2, 0) is 15.9 Å². The molecule has 2 rings (SSSR count). The van der Waals surface area contributed by atoms with Crippen molar-refractivity contribution in [2.45, 2.75) is 33.1 Å². The second-order valence-corrected chi connectivity index (χ2v) is 6.01. The van der Waals surface area contributed by atoms with E-state index in [1.807, 2.05) is 13.8 Å². The molecule has 0 aromatic rings. The number of Topliss-reactive ketones (excluding diaryl/α,β-unsaturated/α-hetero) is 1. The van der Waals surface area contributed by atoms with Crippen molar-refractivity contribution in [2.24, 2.45) is 16.7 Å². The van der Waals surface area contributed by atoms with Crippen molar-refractivity contribution in [3.8, 4) is 0 Å². The number of carbonyl (C=O) groups is 1. The van der Waals surface area contributed by atoms with Crippen molar-refractivity contribution in [1.82, 2.24) is 0 Å². The fourth-order valence-corrected chi connectivity index (χ4v) is 4.39. The average molecular weight is 215 g/mol. The molecule has 0 radical (unpaired) electrons. The van der Waals surface area contributed by atoms with Gasteiger partial charge in [-0.2, -0.15) is 0 Å². The Hall–Kier alpha value is -0.220. The highest BCUT2D eigenvalue weighted by Gasteiger charge is 2.63. The van der Waals surface area contributed by atoms with Gasteiger partial charge >= 0.3 is 0 Å². The number of hydrogen-bond acceptors (Lipinski definition) is 3. The van der Waals surface area contributed by atoms with Crippen molar-refractivity contribution in [3.63, 3.8) is 0 Å². The van der Waals surface area contributed by atoms with Gasteiger partial charge in [0.2, 0.25) is 0 Å². The maximum atomic E-state index is 11.8.